The molecule has 0 aromatic heterocycles. The zero-order valence-electron chi connectivity index (χ0n) is 14.7. The maximum Gasteiger partial charge on any atom is 0.224 e. The maximum absolute atomic E-state index is 12.1. The van der Waals surface area contributed by atoms with E-state index in [-0.39, 0.29) is 18.1 Å². The molecule has 0 aliphatic heterocycles. The highest BCUT2D eigenvalue weighted by atomic mass is 16.5. The Balaban J connectivity index is 1.95. The number of methoxy groups -OCH3 is 3. The molecule has 6 heteroatoms. The third-order valence-electron chi connectivity index (χ3n) is 3.74. The monoisotopic (exact) mass is 345 g/mol. The molecule has 2 N–H and O–H groups in total. The lowest BCUT2D eigenvalue weighted by Gasteiger charge is -2.14. The van der Waals surface area contributed by atoms with Gasteiger partial charge in [0.25, 0.3) is 0 Å². The minimum absolute atomic E-state index is 0.102. The Morgan fingerprint density at radius 1 is 1.00 bits per heavy atom. The number of hydrogen-bond acceptors (Lipinski definition) is 5. The summed E-state index contributed by atoms with van der Waals surface area (Å²) in [6.45, 7) is 0.493. The first-order chi connectivity index (χ1) is 12.1. The molecule has 1 amide bonds. The fourth-order valence-electron chi connectivity index (χ4n) is 2.54. The summed E-state index contributed by atoms with van der Waals surface area (Å²) in [4.78, 5) is 12.1. The summed E-state index contributed by atoms with van der Waals surface area (Å²) in [7, 11) is 4.61. The lowest BCUT2D eigenvalue weighted by molar-refractivity contribution is -0.120. The van der Waals surface area contributed by atoms with E-state index in [1.54, 1.807) is 30.3 Å². The van der Waals surface area contributed by atoms with Crippen molar-refractivity contribution in [2.24, 2.45) is 0 Å². The van der Waals surface area contributed by atoms with Crippen molar-refractivity contribution in [1.82, 2.24) is 5.32 Å². The van der Waals surface area contributed by atoms with Crippen LogP contribution >= 0.6 is 0 Å². The molecule has 25 heavy (non-hydrogen) atoms. The van der Waals surface area contributed by atoms with Crippen molar-refractivity contribution >= 4 is 5.91 Å². The van der Waals surface area contributed by atoms with Gasteiger partial charge in [0.1, 0.15) is 5.75 Å². The van der Waals surface area contributed by atoms with E-state index >= 15 is 0 Å². The molecule has 0 atom stereocenters. The second-order valence-electron chi connectivity index (χ2n) is 5.48. The Hall–Kier alpha value is -2.89. The number of carbonyl (C=O) groups is 1. The molecule has 0 bridgehead atoms. The summed E-state index contributed by atoms with van der Waals surface area (Å²) in [5.74, 6) is 1.66. The molecule has 0 saturated carbocycles. The normalized spacial score (nSPS) is 10.2. The summed E-state index contributed by atoms with van der Waals surface area (Å²) in [6, 6.07) is 10.5. The lowest BCUT2D eigenvalue weighted by Crippen LogP contribution is -2.27. The van der Waals surface area contributed by atoms with Gasteiger partial charge >= 0.3 is 0 Å². The van der Waals surface area contributed by atoms with Gasteiger partial charge in [0.05, 0.1) is 27.8 Å². The largest absolute Gasteiger partial charge is 0.508 e. The van der Waals surface area contributed by atoms with E-state index in [1.165, 1.54) is 21.3 Å². The molecule has 0 radical (unpaired) electrons. The smallest absolute Gasteiger partial charge is 0.224 e. The fraction of sp³-hybridized carbons (Fsp3) is 0.316. The highest BCUT2D eigenvalue weighted by Gasteiger charge is 2.14. The van der Waals surface area contributed by atoms with Crippen LogP contribution in [0.25, 0.3) is 0 Å². The van der Waals surface area contributed by atoms with Gasteiger partial charge in [-0.25, -0.2) is 0 Å². The van der Waals surface area contributed by atoms with Crippen LogP contribution < -0.4 is 19.5 Å². The Kier molecular flexibility index (Phi) is 6.51. The molecule has 134 valence electrons. The van der Waals surface area contributed by atoms with Gasteiger partial charge in [-0.3, -0.25) is 4.79 Å². The Morgan fingerprint density at radius 3 is 2.24 bits per heavy atom. The van der Waals surface area contributed by atoms with E-state index in [9.17, 15) is 9.90 Å². The molecular weight excluding hydrogens is 322 g/mol. The summed E-state index contributed by atoms with van der Waals surface area (Å²) < 4.78 is 15.9. The van der Waals surface area contributed by atoms with Crippen LogP contribution in [-0.2, 0) is 17.6 Å². The van der Waals surface area contributed by atoms with Crippen LogP contribution in [0.4, 0.5) is 0 Å². The minimum atomic E-state index is -0.102. The highest BCUT2D eigenvalue weighted by molar-refractivity contribution is 5.79. The van der Waals surface area contributed by atoms with Gasteiger partial charge in [0.2, 0.25) is 11.7 Å². The van der Waals surface area contributed by atoms with Crippen molar-refractivity contribution in [2.45, 2.75) is 12.8 Å². The van der Waals surface area contributed by atoms with Crippen molar-refractivity contribution in [1.29, 1.82) is 0 Å². The standard InChI is InChI=1S/C19H23NO5/c1-23-16-10-14(11-17(24-2)19(16)25-3)12-18(22)20-8-7-13-5-4-6-15(21)9-13/h4-6,9-11,21H,7-8,12H2,1-3H3,(H,20,22). The molecule has 2 aromatic carbocycles. The Labute approximate surface area is 147 Å². The summed E-state index contributed by atoms with van der Waals surface area (Å²) in [6.07, 6.45) is 0.853. The van der Waals surface area contributed by atoms with Crippen molar-refractivity contribution < 1.29 is 24.1 Å². The number of aromatic hydroxyl groups is 1. The zero-order valence-corrected chi connectivity index (χ0v) is 14.7. The molecule has 2 rings (SSSR count). The van der Waals surface area contributed by atoms with Crippen LogP contribution in [-0.4, -0.2) is 38.9 Å². The number of phenols is 1. The van der Waals surface area contributed by atoms with Crippen LogP contribution in [0.3, 0.4) is 0 Å². The molecule has 0 fully saturated rings. The molecule has 2 aromatic rings. The second-order valence-corrected chi connectivity index (χ2v) is 5.48. The molecule has 0 saturated heterocycles. The van der Waals surface area contributed by atoms with Crippen molar-refractivity contribution in [3.63, 3.8) is 0 Å². The number of benzene rings is 2. The predicted octanol–water partition coefficient (Wildman–Crippen LogP) is 2.32. The van der Waals surface area contributed by atoms with Crippen molar-refractivity contribution in [3.8, 4) is 23.0 Å². The zero-order chi connectivity index (χ0) is 18.2. The van der Waals surface area contributed by atoms with Gasteiger partial charge in [-0.05, 0) is 41.8 Å². The van der Waals surface area contributed by atoms with E-state index in [0.717, 1.165) is 11.1 Å². The van der Waals surface area contributed by atoms with Gasteiger partial charge in [-0.2, -0.15) is 0 Å². The van der Waals surface area contributed by atoms with Crippen molar-refractivity contribution in [2.75, 3.05) is 27.9 Å². The lowest BCUT2D eigenvalue weighted by atomic mass is 10.1. The van der Waals surface area contributed by atoms with Crippen LogP contribution in [0.5, 0.6) is 23.0 Å². The number of nitrogens with one attached hydrogen (secondary N) is 1. The molecule has 0 spiro atoms. The van der Waals surface area contributed by atoms with Gasteiger partial charge in [0.15, 0.2) is 11.5 Å². The first-order valence-corrected chi connectivity index (χ1v) is 7.91. The second kappa shape index (κ2) is 8.82. The number of ether oxygens (including phenoxy) is 3. The number of carbonyl (C=O) groups excluding carboxylic acids is 1. The van der Waals surface area contributed by atoms with Crippen LogP contribution in [0, 0.1) is 0 Å². The van der Waals surface area contributed by atoms with Crippen LogP contribution in [0.2, 0.25) is 0 Å². The SMILES string of the molecule is COc1cc(CC(=O)NCCc2cccc(O)c2)cc(OC)c1OC. The average Bonchev–Trinajstić information content (AvgIpc) is 2.60. The maximum atomic E-state index is 12.1. The first kappa shape index (κ1) is 18.4. The molecular formula is C19H23NO5. The minimum Gasteiger partial charge on any atom is -0.508 e. The van der Waals surface area contributed by atoms with Gasteiger partial charge in [0, 0.05) is 6.54 Å². The summed E-state index contributed by atoms with van der Waals surface area (Å²) in [5, 5.41) is 12.3. The van der Waals surface area contributed by atoms with E-state index in [4.69, 9.17) is 14.2 Å². The molecule has 0 aliphatic carbocycles. The van der Waals surface area contributed by atoms with Crippen LogP contribution in [0.15, 0.2) is 36.4 Å². The van der Waals surface area contributed by atoms with E-state index in [2.05, 4.69) is 5.32 Å². The number of amides is 1. The number of rotatable bonds is 8. The topological polar surface area (TPSA) is 77.0 Å². The average molecular weight is 345 g/mol. The first-order valence-electron chi connectivity index (χ1n) is 7.91. The highest BCUT2D eigenvalue weighted by Crippen LogP contribution is 2.38. The molecule has 6 nitrogen and oxygen atoms in total. The molecule has 0 unspecified atom stereocenters. The third-order valence-corrected chi connectivity index (χ3v) is 3.74. The fourth-order valence-corrected chi connectivity index (χ4v) is 2.54. The Morgan fingerprint density at radius 2 is 1.68 bits per heavy atom. The summed E-state index contributed by atoms with van der Waals surface area (Å²) in [5.41, 5.74) is 1.73. The van der Waals surface area contributed by atoms with Crippen molar-refractivity contribution in [3.05, 3.63) is 47.5 Å². The Bertz CT molecular complexity index is 704. The van der Waals surface area contributed by atoms with E-state index in [1.807, 2.05) is 6.07 Å². The van der Waals surface area contributed by atoms with Gasteiger partial charge in [-0.1, -0.05) is 12.1 Å². The third kappa shape index (κ3) is 5.04. The van der Waals surface area contributed by atoms with E-state index in [0.29, 0.717) is 30.2 Å². The van der Waals surface area contributed by atoms with Crippen LogP contribution in [0.1, 0.15) is 11.1 Å². The predicted molar refractivity (Wildman–Crippen MR) is 94.6 cm³/mol. The quantitative estimate of drug-likeness (QED) is 0.768. The summed E-state index contributed by atoms with van der Waals surface area (Å²) >= 11 is 0. The van der Waals surface area contributed by atoms with Gasteiger partial charge < -0.3 is 24.6 Å². The van der Waals surface area contributed by atoms with E-state index < -0.39 is 0 Å². The molecule has 0 aliphatic rings. The number of hydrogen-bond donors (Lipinski definition) is 2. The number of phenolic OH excluding ortho intramolecular Hbond substituents is 1. The van der Waals surface area contributed by atoms with Gasteiger partial charge in [-0.15, -0.1) is 0 Å². The molecule has 0 heterocycles.